The van der Waals surface area contributed by atoms with Crippen LogP contribution in [0.5, 0.6) is 0 Å². The van der Waals surface area contributed by atoms with Gasteiger partial charge in [-0.3, -0.25) is 9.10 Å². The number of carbonyl (C=O) groups excluding carboxylic acids is 1. The summed E-state index contributed by atoms with van der Waals surface area (Å²) in [4.78, 5) is 12.7. The van der Waals surface area contributed by atoms with Gasteiger partial charge in [0.05, 0.1) is 18.0 Å². The van der Waals surface area contributed by atoms with Crippen molar-refractivity contribution in [2.24, 2.45) is 0 Å². The van der Waals surface area contributed by atoms with E-state index in [1.54, 1.807) is 18.2 Å². The minimum absolute atomic E-state index is 0.116. The van der Waals surface area contributed by atoms with Crippen molar-refractivity contribution in [2.75, 3.05) is 10.6 Å². The van der Waals surface area contributed by atoms with E-state index in [0.29, 0.717) is 22.7 Å². The number of fused-ring (bicyclic) bond motifs is 1. The maximum Gasteiger partial charge on any atom is 0.251 e. The molecular weight excluding hydrogens is 384 g/mol. The molecule has 144 valence electrons. The van der Waals surface area contributed by atoms with Crippen LogP contribution in [-0.4, -0.2) is 26.6 Å². The first-order chi connectivity index (χ1) is 12.7. The van der Waals surface area contributed by atoms with Crippen LogP contribution in [0.1, 0.15) is 47.8 Å². The van der Waals surface area contributed by atoms with E-state index in [-0.39, 0.29) is 18.0 Å². The molecule has 27 heavy (non-hydrogen) atoms. The third-order valence-electron chi connectivity index (χ3n) is 4.84. The molecule has 1 heterocycles. The molecule has 0 bridgehead atoms. The average Bonchev–Trinajstić information content (AvgIpc) is 2.95. The second-order valence-corrected chi connectivity index (χ2v) is 9.24. The number of nitrogens with one attached hydrogen (secondary N) is 1. The predicted molar refractivity (Wildman–Crippen MR) is 109 cm³/mol. The topological polar surface area (TPSA) is 66.5 Å². The monoisotopic (exact) mass is 406 g/mol. The van der Waals surface area contributed by atoms with Crippen molar-refractivity contribution in [1.82, 2.24) is 5.32 Å². The Morgan fingerprint density at radius 2 is 1.93 bits per heavy atom. The van der Waals surface area contributed by atoms with Gasteiger partial charge in [0, 0.05) is 16.6 Å². The molecular formula is C20H23ClN2O3S. The minimum Gasteiger partial charge on any atom is -0.345 e. The molecule has 1 aliphatic rings. The molecule has 2 atom stereocenters. The first-order valence-electron chi connectivity index (χ1n) is 8.89. The summed E-state index contributed by atoms with van der Waals surface area (Å²) in [5, 5.41) is 3.70. The van der Waals surface area contributed by atoms with E-state index in [4.69, 9.17) is 11.6 Å². The Balaban J connectivity index is 1.82. The second kappa shape index (κ2) is 7.52. The molecule has 1 amide bonds. The summed E-state index contributed by atoms with van der Waals surface area (Å²) >= 11 is 5.94. The van der Waals surface area contributed by atoms with Crippen molar-refractivity contribution < 1.29 is 13.2 Å². The Morgan fingerprint density at radius 1 is 1.26 bits per heavy atom. The highest BCUT2D eigenvalue weighted by Gasteiger charge is 2.32. The normalized spacial score (nSPS) is 17.5. The van der Waals surface area contributed by atoms with E-state index in [0.717, 1.165) is 17.5 Å². The lowest BCUT2D eigenvalue weighted by atomic mass is 10.0. The van der Waals surface area contributed by atoms with E-state index < -0.39 is 10.0 Å². The van der Waals surface area contributed by atoms with Crippen molar-refractivity contribution in [2.45, 2.75) is 38.8 Å². The SMILES string of the molecule is CC[C@@H](NC(=O)c1ccc2c(c1)C[C@@H](C)N2S(C)(=O)=O)c1ccc(Cl)cc1. The van der Waals surface area contributed by atoms with E-state index in [1.165, 1.54) is 10.6 Å². The molecule has 0 fully saturated rings. The van der Waals surface area contributed by atoms with Crippen molar-refractivity contribution in [3.63, 3.8) is 0 Å². The number of carbonyl (C=O) groups is 1. The van der Waals surface area contributed by atoms with Crippen LogP contribution in [0.3, 0.4) is 0 Å². The van der Waals surface area contributed by atoms with Gasteiger partial charge < -0.3 is 5.32 Å². The van der Waals surface area contributed by atoms with E-state index in [9.17, 15) is 13.2 Å². The van der Waals surface area contributed by atoms with Crippen molar-refractivity contribution >= 4 is 33.2 Å². The van der Waals surface area contributed by atoms with Gasteiger partial charge in [-0.1, -0.05) is 30.7 Å². The number of hydrogen-bond acceptors (Lipinski definition) is 3. The van der Waals surface area contributed by atoms with Gasteiger partial charge in [-0.2, -0.15) is 0 Å². The number of anilines is 1. The molecule has 7 heteroatoms. The summed E-state index contributed by atoms with van der Waals surface area (Å²) in [5.41, 5.74) is 3.06. The van der Waals surface area contributed by atoms with E-state index in [1.807, 2.05) is 38.1 Å². The Hall–Kier alpha value is -2.05. The van der Waals surface area contributed by atoms with Gasteiger partial charge in [0.2, 0.25) is 10.0 Å². The van der Waals surface area contributed by atoms with E-state index >= 15 is 0 Å². The summed E-state index contributed by atoms with van der Waals surface area (Å²) in [6.45, 7) is 3.88. The van der Waals surface area contributed by atoms with Gasteiger partial charge in [-0.15, -0.1) is 0 Å². The molecule has 2 aromatic rings. The lowest BCUT2D eigenvalue weighted by Crippen LogP contribution is -2.34. The fourth-order valence-electron chi connectivity index (χ4n) is 3.61. The summed E-state index contributed by atoms with van der Waals surface area (Å²) in [6.07, 6.45) is 2.55. The zero-order valence-electron chi connectivity index (χ0n) is 15.6. The lowest BCUT2D eigenvalue weighted by Gasteiger charge is -2.22. The zero-order chi connectivity index (χ0) is 19.8. The first kappa shape index (κ1) is 19.7. The Morgan fingerprint density at radius 3 is 2.52 bits per heavy atom. The Bertz CT molecular complexity index is 958. The van der Waals surface area contributed by atoms with Gasteiger partial charge in [0.25, 0.3) is 5.91 Å². The van der Waals surface area contributed by atoms with Gasteiger partial charge in [0.15, 0.2) is 0 Å². The maximum absolute atomic E-state index is 12.7. The molecule has 0 saturated carbocycles. The molecule has 2 aromatic carbocycles. The summed E-state index contributed by atoms with van der Waals surface area (Å²) < 4.78 is 25.5. The third-order valence-corrected chi connectivity index (χ3v) is 6.36. The molecule has 0 spiro atoms. The van der Waals surface area contributed by atoms with Crippen LogP contribution in [0.25, 0.3) is 0 Å². The lowest BCUT2D eigenvalue weighted by molar-refractivity contribution is 0.0935. The van der Waals surface area contributed by atoms with Gasteiger partial charge in [-0.05, 0) is 61.2 Å². The van der Waals surface area contributed by atoms with Crippen LogP contribution < -0.4 is 9.62 Å². The summed E-state index contributed by atoms with van der Waals surface area (Å²) in [5.74, 6) is -0.176. The van der Waals surface area contributed by atoms with Crippen LogP contribution in [-0.2, 0) is 16.4 Å². The quantitative estimate of drug-likeness (QED) is 0.817. The number of amides is 1. The molecule has 0 saturated heterocycles. The maximum atomic E-state index is 12.7. The second-order valence-electron chi connectivity index (χ2n) is 6.94. The average molecular weight is 407 g/mol. The van der Waals surface area contributed by atoms with Crippen LogP contribution >= 0.6 is 11.6 Å². The number of rotatable bonds is 5. The number of benzene rings is 2. The molecule has 0 unspecified atom stereocenters. The third kappa shape index (κ3) is 4.12. The minimum atomic E-state index is -3.34. The van der Waals surface area contributed by atoms with Crippen molar-refractivity contribution in [3.8, 4) is 0 Å². The molecule has 1 aliphatic heterocycles. The first-order valence-corrected chi connectivity index (χ1v) is 11.1. The largest absolute Gasteiger partial charge is 0.345 e. The van der Waals surface area contributed by atoms with Crippen molar-refractivity contribution in [3.05, 3.63) is 64.2 Å². The molecule has 0 aromatic heterocycles. The molecule has 5 nitrogen and oxygen atoms in total. The Kier molecular flexibility index (Phi) is 5.49. The highest BCUT2D eigenvalue weighted by atomic mass is 35.5. The van der Waals surface area contributed by atoms with Gasteiger partial charge in [-0.25, -0.2) is 8.42 Å². The van der Waals surface area contributed by atoms with Crippen LogP contribution in [0.4, 0.5) is 5.69 Å². The highest BCUT2D eigenvalue weighted by Crippen LogP contribution is 2.34. The predicted octanol–water partition coefficient (Wildman–Crippen LogP) is 3.93. The van der Waals surface area contributed by atoms with Crippen LogP contribution in [0.15, 0.2) is 42.5 Å². The fourth-order valence-corrected chi connectivity index (χ4v) is 5.00. The number of nitrogens with zero attached hydrogens (tertiary/aromatic N) is 1. The van der Waals surface area contributed by atoms with Crippen LogP contribution in [0, 0.1) is 0 Å². The number of hydrogen-bond donors (Lipinski definition) is 1. The number of sulfonamides is 1. The van der Waals surface area contributed by atoms with E-state index in [2.05, 4.69) is 5.32 Å². The van der Waals surface area contributed by atoms with Gasteiger partial charge >= 0.3 is 0 Å². The smallest absolute Gasteiger partial charge is 0.251 e. The molecule has 1 N–H and O–H groups in total. The molecule has 0 radical (unpaired) electrons. The Labute approximate surface area is 165 Å². The highest BCUT2D eigenvalue weighted by molar-refractivity contribution is 7.92. The van der Waals surface area contributed by atoms with Gasteiger partial charge in [0.1, 0.15) is 0 Å². The summed E-state index contributed by atoms with van der Waals surface area (Å²) in [6, 6.07) is 12.4. The molecule has 0 aliphatic carbocycles. The standard InChI is InChI=1S/C20H23ClN2O3S/c1-4-18(14-5-8-17(21)9-6-14)22-20(24)15-7-10-19-16(12-15)11-13(2)23(19)27(3,25)26/h5-10,12-13,18H,4,11H2,1-3H3,(H,22,24)/t13-,18-/m1/s1. The van der Waals surface area contributed by atoms with Crippen LogP contribution in [0.2, 0.25) is 5.02 Å². The van der Waals surface area contributed by atoms with Crippen molar-refractivity contribution in [1.29, 1.82) is 0 Å². The number of halogens is 1. The zero-order valence-corrected chi connectivity index (χ0v) is 17.1. The fraction of sp³-hybridized carbons (Fsp3) is 0.350. The molecule has 3 rings (SSSR count). The summed E-state index contributed by atoms with van der Waals surface area (Å²) in [7, 11) is -3.34.